The molecule has 146 valence electrons. The second-order valence-corrected chi connectivity index (χ2v) is 9.07. The predicted octanol–water partition coefficient (Wildman–Crippen LogP) is 2.92. The largest absolute Gasteiger partial charge is 0.338 e. The number of carbonyl (C=O) groups excluding carboxylic acids is 1. The second kappa shape index (κ2) is 7.79. The third kappa shape index (κ3) is 4.29. The summed E-state index contributed by atoms with van der Waals surface area (Å²) in [5, 5.41) is 7.41. The van der Waals surface area contributed by atoms with Crippen LogP contribution in [0.15, 0.2) is 23.1 Å². The van der Waals surface area contributed by atoms with Gasteiger partial charge in [0.1, 0.15) is 4.90 Å². The topological polar surface area (TPSA) is 95.2 Å². The fraction of sp³-hybridized carbons (Fsp3) is 0.412. The minimum absolute atomic E-state index is 0.187. The Bertz CT molecular complexity index is 947. The Morgan fingerprint density at radius 1 is 1.26 bits per heavy atom. The zero-order valence-electron chi connectivity index (χ0n) is 14.9. The molecule has 0 saturated carbocycles. The van der Waals surface area contributed by atoms with Gasteiger partial charge in [0.2, 0.25) is 10.0 Å². The molecule has 1 amide bonds. The van der Waals surface area contributed by atoms with E-state index < -0.39 is 10.0 Å². The van der Waals surface area contributed by atoms with Crippen molar-refractivity contribution in [2.24, 2.45) is 0 Å². The first kappa shape index (κ1) is 20.1. The van der Waals surface area contributed by atoms with Crippen LogP contribution in [-0.2, 0) is 10.0 Å². The van der Waals surface area contributed by atoms with Crippen LogP contribution in [-0.4, -0.2) is 48.6 Å². The molecule has 0 aliphatic carbocycles. The molecule has 2 aromatic rings. The van der Waals surface area contributed by atoms with Gasteiger partial charge in [0.15, 0.2) is 0 Å². The van der Waals surface area contributed by atoms with Crippen molar-refractivity contribution in [3.63, 3.8) is 0 Å². The molecule has 2 heterocycles. The number of benzene rings is 1. The third-order valence-electron chi connectivity index (χ3n) is 4.59. The molecule has 27 heavy (non-hydrogen) atoms. The van der Waals surface area contributed by atoms with Gasteiger partial charge in [-0.15, -0.1) is 0 Å². The quantitative estimate of drug-likeness (QED) is 0.778. The molecular formula is C17H20Cl2N4O3S. The van der Waals surface area contributed by atoms with Gasteiger partial charge in [-0.2, -0.15) is 5.10 Å². The number of aryl methyl sites for hydroxylation is 2. The molecule has 1 aromatic heterocycles. The van der Waals surface area contributed by atoms with Gasteiger partial charge in [-0.05, 0) is 44.9 Å². The lowest BCUT2D eigenvalue weighted by Crippen LogP contribution is -2.46. The number of carbonyl (C=O) groups is 1. The van der Waals surface area contributed by atoms with Crippen LogP contribution >= 0.6 is 23.2 Å². The molecule has 10 heteroatoms. The number of nitrogens with zero attached hydrogens (tertiary/aromatic N) is 2. The number of amides is 1. The van der Waals surface area contributed by atoms with Crippen LogP contribution in [0.5, 0.6) is 0 Å². The Morgan fingerprint density at radius 2 is 1.93 bits per heavy atom. The van der Waals surface area contributed by atoms with Crippen molar-refractivity contribution < 1.29 is 13.2 Å². The lowest BCUT2D eigenvalue weighted by atomic mass is 10.0. The maximum Gasteiger partial charge on any atom is 0.255 e. The predicted molar refractivity (Wildman–Crippen MR) is 104 cm³/mol. The van der Waals surface area contributed by atoms with E-state index >= 15 is 0 Å². The van der Waals surface area contributed by atoms with Crippen molar-refractivity contribution in [3.8, 4) is 0 Å². The Kier molecular flexibility index (Phi) is 5.81. The van der Waals surface area contributed by atoms with Crippen LogP contribution in [0.3, 0.4) is 0 Å². The molecule has 7 nitrogen and oxygen atoms in total. The zero-order valence-corrected chi connectivity index (χ0v) is 17.2. The molecule has 1 aromatic carbocycles. The van der Waals surface area contributed by atoms with Crippen molar-refractivity contribution in [3.05, 3.63) is 45.2 Å². The van der Waals surface area contributed by atoms with Crippen LogP contribution in [0.1, 0.15) is 34.6 Å². The number of aromatic nitrogens is 2. The van der Waals surface area contributed by atoms with Gasteiger partial charge < -0.3 is 4.90 Å². The normalized spacial score (nSPS) is 15.9. The molecular weight excluding hydrogens is 411 g/mol. The molecule has 1 saturated heterocycles. The number of nitrogens with one attached hydrogen (secondary N) is 2. The van der Waals surface area contributed by atoms with E-state index in [-0.39, 0.29) is 16.8 Å². The number of rotatable bonds is 4. The van der Waals surface area contributed by atoms with E-state index in [9.17, 15) is 13.2 Å². The van der Waals surface area contributed by atoms with E-state index in [1.54, 1.807) is 36.9 Å². The summed E-state index contributed by atoms with van der Waals surface area (Å²) in [5.74, 6) is -0.203. The SMILES string of the molecule is Cc1n[nH]c(C)c1S(=O)(=O)NC1CCN(C(=O)c2cc(Cl)ccc2Cl)CC1. The Labute approximate surface area is 168 Å². The van der Waals surface area contributed by atoms with Crippen molar-refractivity contribution in [1.29, 1.82) is 0 Å². The van der Waals surface area contributed by atoms with E-state index in [2.05, 4.69) is 14.9 Å². The van der Waals surface area contributed by atoms with E-state index in [1.807, 2.05) is 0 Å². The summed E-state index contributed by atoms with van der Waals surface area (Å²) < 4.78 is 28.0. The van der Waals surface area contributed by atoms with Gasteiger partial charge in [0.25, 0.3) is 5.91 Å². The summed E-state index contributed by atoms with van der Waals surface area (Å²) in [7, 11) is -3.67. The third-order valence-corrected chi connectivity index (χ3v) is 6.94. The maximum atomic E-state index is 12.7. The number of halogens is 2. The number of hydrogen-bond acceptors (Lipinski definition) is 4. The number of hydrogen-bond donors (Lipinski definition) is 2. The number of sulfonamides is 1. The molecule has 0 bridgehead atoms. The minimum atomic E-state index is -3.67. The van der Waals surface area contributed by atoms with Crippen LogP contribution in [0, 0.1) is 13.8 Å². The monoisotopic (exact) mass is 430 g/mol. The molecule has 3 rings (SSSR count). The lowest BCUT2D eigenvalue weighted by Gasteiger charge is -2.32. The summed E-state index contributed by atoms with van der Waals surface area (Å²) in [6.45, 7) is 4.18. The highest BCUT2D eigenvalue weighted by Gasteiger charge is 2.30. The van der Waals surface area contributed by atoms with Gasteiger partial charge >= 0.3 is 0 Å². The van der Waals surface area contributed by atoms with Crippen LogP contribution < -0.4 is 4.72 Å². The van der Waals surface area contributed by atoms with Crippen molar-refractivity contribution in [1.82, 2.24) is 19.8 Å². The standard InChI is InChI=1S/C17H20Cl2N4O3S/c1-10-16(11(2)21-20-10)27(25,26)22-13-5-7-23(8-6-13)17(24)14-9-12(18)3-4-15(14)19/h3-4,9,13,22H,5-8H2,1-2H3,(H,20,21). The summed E-state index contributed by atoms with van der Waals surface area (Å²) in [5.41, 5.74) is 1.29. The lowest BCUT2D eigenvalue weighted by molar-refractivity contribution is 0.0711. The number of likely N-dealkylation sites (tertiary alicyclic amines) is 1. The number of H-pyrrole nitrogens is 1. The molecule has 0 spiro atoms. The fourth-order valence-electron chi connectivity index (χ4n) is 3.25. The van der Waals surface area contributed by atoms with Crippen LogP contribution in [0.4, 0.5) is 0 Å². The highest BCUT2D eigenvalue weighted by atomic mass is 35.5. The Hall–Kier alpha value is -1.61. The summed E-state index contributed by atoms with van der Waals surface area (Å²) >= 11 is 12.1. The van der Waals surface area contributed by atoms with Gasteiger partial charge in [-0.3, -0.25) is 9.89 Å². The van der Waals surface area contributed by atoms with Gasteiger partial charge in [0.05, 0.1) is 22.0 Å². The summed E-state index contributed by atoms with van der Waals surface area (Å²) in [4.78, 5) is 14.5. The fourth-order valence-corrected chi connectivity index (χ4v) is 5.29. The van der Waals surface area contributed by atoms with Crippen molar-refractivity contribution in [2.75, 3.05) is 13.1 Å². The second-order valence-electron chi connectivity index (χ2n) is 6.58. The highest BCUT2D eigenvalue weighted by Crippen LogP contribution is 2.24. The van der Waals surface area contributed by atoms with Gasteiger partial charge in [0, 0.05) is 24.2 Å². The number of piperidine rings is 1. The maximum absolute atomic E-state index is 12.7. The molecule has 0 unspecified atom stereocenters. The Balaban J connectivity index is 1.65. The Morgan fingerprint density at radius 3 is 2.52 bits per heavy atom. The average molecular weight is 431 g/mol. The number of aromatic amines is 1. The molecule has 2 N–H and O–H groups in total. The molecule has 0 radical (unpaired) electrons. The van der Waals surface area contributed by atoms with E-state index in [0.717, 1.165) is 0 Å². The highest BCUT2D eigenvalue weighted by molar-refractivity contribution is 7.89. The first-order valence-electron chi connectivity index (χ1n) is 8.47. The molecule has 1 aliphatic rings. The molecule has 1 aliphatic heterocycles. The van der Waals surface area contributed by atoms with Gasteiger partial charge in [-0.25, -0.2) is 13.1 Å². The first-order chi connectivity index (χ1) is 12.7. The van der Waals surface area contributed by atoms with Crippen molar-refractivity contribution >= 4 is 39.1 Å². The van der Waals surface area contributed by atoms with E-state index in [4.69, 9.17) is 23.2 Å². The molecule has 0 atom stereocenters. The average Bonchev–Trinajstić information content (AvgIpc) is 2.96. The minimum Gasteiger partial charge on any atom is -0.338 e. The first-order valence-corrected chi connectivity index (χ1v) is 10.7. The summed E-state index contributed by atoms with van der Waals surface area (Å²) in [6, 6.07) is 4.52. The van der Waals surface area contributed by atoms with Crippen molar-refractivity contribution in [2.45, 2.75) is 37.6 Å². The molecule has 1 fully saturated rings. The van der Waals surface area contributed by atoms with Crippen LogP contribution in [0.2, 0.25) is 10.0 Å². The summed E-state index contributed by atoms with van der Waals surface area (Å²) in [6.07, 6.45) is 1.03. The van der Waals surface area contributed by atoms with Crippen LogP contribution in [0.25, 0.3) is 0 Å². The van der Waals surface area contributed by atoms with E-state index in [0.29, 0.717) is 52.9 Å². The zero-order chi connectivity index (χ0) is 19.8. The van der Waals surface area contributed by atoms with Gasteiger partial charge in [-0.1, -0.05) is 23.2 Å². The van der Waals surface area contributed by atoms with E-state index in [1.165, 1.54) is 0 Å². The smallest absolute Gasteiger partial charge is 0.255 e.